The third-order valence-corrected chi connectivity index (χ3v) is 4.70. The lowest BCUT2D eigenvalue weighted by molar-refractivity contribution is 0.181. The number of benzene rings is 1. The molecule has 0 aromatic heterocycles. The molecule has 1 aliphatic heterocycles. The standard InChI is InChI=1S/C19H31FN4O/c1-5-24(6-2)18-8-7-15(11-17(18)20)12-22-19(21-3)23(4)13-16-9-10-25-14-16/h7-8,11,16H,5-6,9-10,12-14H2,1-4H3,(H,21,22). The van der Waals surface area contributed by atoms with Crippen LogP contribution in [0.15, 0.2) is 23.2 Å². The molecule has 1 heterocycles. The fourth-order valence-corrected chi connectivity index (χ4v) is 3.25. The van der Waals surface area contributed by atoms with Crippen LogP contribution in [0.5, 0.6) is 0 Å². The van der Waals surface area contributed by atoms with E-state index in [2.05, 4.69) is 15.2 Å². The number of nitrogens with one attached hydrogen (secondary N) is 1. The van der Waals surface area contributed by atoms with Crippen molar-refractivity contribution in [2.75, 3.05) is 51.8 Å². The van der Waals surface area contributed by atoms with E-state index in [4.69, 9.17) is 4.74 Å². The van der Waals surface area contributed by atoms with Crippen LogP contribution < -0.4 is 10.2 Å². The highest BCUT2D eigenvalue weighted by molar-refractivity contribution is 5.79. The summed E-state index contributed by atoms with van der Waals surface area (Å²) in [6.07, 6.45) is 1.10. The van der Waals surface area contributed by atoms with Gasteiger partial charge in [0.15, 0.2) is 5.96 Å². The predicted octanol–water partition coefficient (Wildman–Crippen LogP) is 2.72. The fraction of sp³-hybridized carbons (Fsp3) is 0.632. The van der Waals surface area contributed by atoms with Crippen molar-refractivity contribution < 1.29 is 9.13 Å². The van der Waals surface area contributed by atoms with Crippen LogP contribution in [0.25, 0.3) is 0 Å². The maximum Gasteiger partial charge on any atom is 0.193 e. The van der Waals surface area contributed by atoms with Gasteiger partial charge in [0, 0.05) is 52.8 Å². The minimum atomic E-state index is -0.172. The molecule has 1 unspecified atom stereocenters. The second-order valence-corrected chi connectivity index (χ2v) is 6.47. The van der Waals surface area contributed by atoms with Gasteiger partial charge in [-0.15, -0.1) is 0 Å². The van der Waals surface area contributed by atoms with Crippen molar-refractivity contribution in [3.05, 3.63) is 29.6 Å². The number of anilines is 1. The average molecular weight is 350 g/mol. The molecule has 1 saturated heterocycles. The van der Waals surface area contributed by atoms with E-state index in [1.54, 1.807) is 13.1 Å². The summed E-state index contributed by atoms with van der Waals surface area (Å²) in [4.78, 5) is 8.46. The van der Waals surface area contributed by atoms with Crippen molar-refractivity contribution in [3.63, 3.8) is 0 Å². The first-order valence-electron chi connectivity index (χ1n) is 9.11. The first-order valence-corrected chi connectivity index (χ1v) is 9.11. The van der Waals surface area contributed by atoms with Crippen LogP contribution >= 0.6 is 0 Å². The molecule has 0 bridgehead atoms. The van der Waals surface area contributed by atoms with Crippen LogP contribution in [0.2, 0.25) is 0 Å². The molecule has 0 radical (unpaired) electrons. The Balaban J connectivity index is 1.93. The van der Waals surface area contributed by atoms with E-state index in [-0.39, 0.29) is 5.82 Å². The number of halogens is 1. The number of ether oxygens (including phenoxy) is 1. The van der Waals surface area contributed by atoms with Crippen molar-refractivity contribution in [1.82, 2.24) is 10.2 Å². The molecule has 1 aromatic carbocycles. The molecule has 2 rings (SSSR count). The maximum absolute atomic E-state index is 14.4. The molecule has 1 aromatic rings. The number of rotatable bonds is 7. The van der Waals surface area contributed by atoms with Gasteiger partial charge in [0.2, 0.25) is 0 Å². The zero-order chi connectivity index (χ0) is 18.2. The Bertz CT molecular complexity index is 569. The molecule has 140 valence electrons. The lowest BCUT2D eigenvalue weighted by Gasteiger charge is -2.25. The molecule has 6 heteroatoms. The molecule has 1 atom stereocenters. The summed E-state index contributed by atoms with van der Waals surface area (Å²) in [5.74, 6) is 1.20. The van der Waals surface area contributed by atoms with E-state index in [1.165, 1.54) is 0 Å². The Morgan fingerprint density at radius 2 is 2.12 bits per heavy atom. The molecule has 0 saturated carbocycles. The molecule has 25 heavy (non-hydrogen) atoms. The normalized spacial score (nSPS) is 17.6. The van der Waals surface area contributed by atoms with Crippen LogP contribution in [0.4, 0.5) is 10.1 Å². The van der Waals surface area contributed by atoms with Gasteiger partial charge >= 0.3 is 0 Å². The van der Waals surface area contributed by atoms with Crippen LogP contribution in [0, 0.1) is 11.7 Å². The Morgan fingerprint density at radius 1 is 1.36 bits per heavy atom. The number of guanidine groups is 1. The Morgan fingerprint density at radius 3 is 2.68 bits per heavy atom. The van der Waals surface area contributed by atoms with E-state index in [0.29, 0.717) is 18.2 Å². The second-order valence-electron chi connectivity index (χ2n) is 6.47. The van der Waals surface area contributed by atoms with Gasteiger partial charge in [0.25, 0.3) is 0 Å². The van der Waals surface area contributed by atoms with Crippen molar-refractivity contribution in [3.8, 4) is 0 Å². The Labute approximate surface area is 150 Å². The number of hydrogen-bond donors (Lipinski definition) is 1. The Hall–Kier alpha value is -1.82. The number of hydrogen-bond acceptors (Lipinski definition) is 3. The van der Waals surface area contributed by atoms with Crippen molar-refractivity contribution in [2.45, 2.75) is 26.8 Å². The quantitative estimate of drug-likeness (QED) is 0.606. The van der Waals surface area contributed by atoms with Gasteiger partial charge in [0.1, 0.15) is 5.82 Å². The third kappa shape index (κ3) is 5.33. The van der Waals surface area contributed by atoms with Crippen LogP contribution in [0.3, 0.4) is 0 Å². The fourth-order valence-electron chi connectivity index (χ4n) is 3.25. The van der Waals surface area contributed by atoms with Crippen molar-refractivity contribution in [1.29, 1.82) is 0 Å². The minimum Gasteiger partial charge on any atom is -0.381 e. The minimum absolute atomic E-state index is 0.172. The zero-order valence-electron chi connectivity index (χ0n) is 15.9. The molecule has 1 fully saturated rings. The summed E-state index contributed by atoms with van der Waals surface area (Å²) in [6.45, 7) is 8.80. The summed E-state index contributed by atoms with van der Waals surface area (Å²) in [5, 5.41) is 3.32. The van der Waals surface area contributed by atoms with Gasteiger partial charge in [-0.1, -0.05) is 6.07 Å². The van der Waals surface area contributed by atoms with Gasteiger partial charge < -0.3 is 19.9 Å². The SMILES string of the molecule is CCN(CC)c1ccc(CNC(=NC)N(C)CC2CCOC2)cc1F. The van der Waals surface area contributed by atoms with Gasteiger partial charge in [-0.25, -0.2) is 4.39 Å². The van der Waals surface area contributed by atoms with E-state index in [0.717, 1.165) is 50.8 Å². The van der Waals surface area contributed by atoms with Crippen LogP contribution in [-0.4, -0.2) is 57.8 Å². The largest absolute Gasteiger partial charge is 0.381 e. The zero-order valence-corrected chi connectivity index (χ0v) is 15.9. The van der Waals surface area contributed by atoms with E-state index in [9.17, 15) is 4.39 Å². The molecular weight excluding hydrogens is 319 g/mol. The van der Waals surface area contributed by atoms with Gasteiger partial charge in [-0.2, -0.15) is 0 Å². The van der Waals surface area contributed by atoms with Crippen molar-refractivity contribution in [2.24, 2.45) is 10.9 Å². The number of aliphatic imine (C=N–C) groups is 1. The molecule has 1 N–H and O–H groups in total. The average Bonchev–Trinajstić information content (AvgIpc) is 3.11. The summed E-state index contributed by atoms with van der Waals surface area (Å²) >= 11 is 0. The molecular formula is C19H31FN4O. The lowest BCUT2D eigenvalue weighted by Crippen LogP contribution is -2.41. The molecule has 0 amide bonds. The highest BCUT2D eigenvalue weighted by Crippen LogP contribution is 2.20. The second kappa shape index (κ2) is 9.61. The summed E-state index contributed by atoms with van der Waals surface area (Å²) < 4.78 is 19.8. The van der Waals surface area contributed by atoms with E-state index < -0.39 is 0 Å². The maximum atomic E-state index is 14.4. The van der Waals surface area contributed by atoms with Crippen molar-refractivity contribution >= 4 is 11.6 Å². The first-order chi connectivity index (χ1) is 12.1. The molecule has 5 nitrogen and oxygen atoms in total. The van der Waals surface area contributed by atoms with E-state index >= 15 is 0 Å². The summed E-state index contributed by atoms with van der Waals surface area (Å²) in [5.41, 5.74) is 1.57. The lowest BCUT2D eigenvalue weighted by atomic mass is 10.1. The van der Waals surface area contributed by atoms with Crippen LogP contribution in [0.1, 0.15) is 25.8 Å². The Kier molecular flexibility index (Phi) is 7.50. The summed E-state index contributed by atoms with van der Waals surface area (Å²) in [6, 6.07) is 5.45. The highest BCUT2D eigenvalue weighted by Gasteiger charge is 2.19. The first kappa shape index (κ1) is 19.5. The predicted molar refractivity (Wildman–Crippen MR) is 102 cm³/mol. The molecule has 1 aliphatic rings. The van der Waals surface area contributed by atoms with Gasteiger partial charge in [-0.3, -0.25) is 4.99 Å². The molecule has 0 aliphatic carbocycles. The molecule has 0 spiro atoms. The monoisotopic (exact) mass is 350 g/mol. The van der Waals surface area contributed by atoms with Gasteiger partial charge in [0.05, 0.1) is 12.3 Å². The third-order valence-electron chi connectivity index (χ3n) is 4.70. The van der Waals surface area contributed by atoms with Gasteiger partial charge in [-0.05, 0) is 38.0 Å². The highest BCUT2D eigenvalue weighted by atomic mass is 19.1. The van der Waals surface area contributed by atoms with E-state index in [1.807, 2.05) is 37.9 Å². The van der Waals surface area contributed by atoms with Crippen LogP contribution in [-0.2, 0) is 11.3 Å². The summed E-state index contributed by atoms with van der Waals surface area (Å²) in [7, 11) is 3.80. The number of nitrogens with zero attached hydrogens (tertiary/aromatic N) is 3. The topological polar surface area (TPSA) is 40.1 Å². The smallest absolute Gasteiger partial charge is 0.193 e.